The Morgan fingerprint density at radius 3 is 2.56 bits per heavy atom. The Morgan fingerprint density at radius 2 is 2.12 bits per heavy atom. The average molecular weight is 223 g/mol. The number of carbonyl (C=O) groups is 1. The molecule has 1 fully saturated rings. The van der Waals surface area contributed by atoms with Gasteiger partial charge in [0.15, 0.2) is 0 Å². The Kier molecular flexibility index (Phi) is 2.92. The van der Waals surface area contributed by atoms with Crippen molar-refractivity contribution in [1.82, 2.24) is 5.32 Å². The van der Waals surface area contributed by atoms with Crippen molar-refractivity contribution in [3.05, 3.63) is 35.6 Å². The van der Waals surface area contributed by atoms with Gasteiger partial charge in [0, 0.05) is 6.04 Å². The molecule has 86 valence electrons. The van der Waals surface area contributed by atoms with E-state index in [0.717, 1.165) is 5.56 Å². The van der Waals surface area contributed by atoms with Crippen molar-refractivity contribution in [2.24, 2.45) is 11.8 Å². The predicted molar refractivity (Wildman–Crippen MR) is 57.4 cm³/mol. The standard InChI is InChI=1S/C12H14FNO2/c1-14-11(9-6-10(9)12(15)16)7-2-4-8(13)5-3-7/h2-5,9-11,14H,6H2,1H3,(H,15,16). The zero-order valence-electron chi connectivity index (χ0n) is 8.98. The minimum atomic E-state index is -0.743. The number of carboxylic acid groups (broad SMARTS) is 1. The molecule has 3 nitrogen and oxygen atoms in total. The molecule has 2 rings (SSSR count). The van der Waals surface area contributed by atoms with Gasteiger partial charge in [0.25, 0.3) is 0 Å². The predicted octanol–water partition coefficient (Wildman–Crippen LogP) is 1.81. The molecule has 16 heavy (non-hydrogen) atoms. The Balaban J connectivity index is 2.12. The van der Waals surface area contributed by atoms with Crippen molar-refractivity contribution in [1.29, 1.82) is 0 Å². The monoisotopic (exact) mass is 223 g/mol. The van der Waals surface area contributed by atoms with Crippen LogP contribution in [-0.4, -0.2) is 18.1 Å². The van der Waals surface area contributed by atoms with Crippen LogP contribution in [0.2, 0.25) is 0 Å². The van der Waals surface area contributed by atoms with E-state index in [0.29, 0.717) is 6.42 Å². The van der Waals surface area contributed by atoms with Crippen molar-refractivity contribution >= 4 is 5.97 Å². The van der Waals surface area contributed by atoms with E-state index in [1.54, 1.807) is 19.2 Å². The maximum Gasteiger partial charge on any atom is 0.306 e. The van der Waals surface area contributed by atoms with Gasteiger partial charge in [-0.1, -0.05) is 12.1 Å². The minimum Gasteiger partial charge on any atom is -0.481 e. The SMILES string of the molecule is CNC(c1ccc(F)cc1)C1CC1C(=O)O. The normalized spacial score (nSPS) is 25.1. The van der Waals surface area contributed by atoms with Crippen LogP contribution in [0.5, 0.6) is 0 Å². The van der Waals surface area contributed by atoms with Gasteiger partial charge < -0.3 is 10.4 Å². The molecule has 0 aliphatic heterocycles. The van der Waals surface area contributed by atoms with E-state index < -0.39 is 5.97 Å². The van der Waals surface area contributed by atoms with Crippen LogP contribution in [-0.2, 0) is 4.79 Å². The Hall–Kier alpha value is -1.42. The fourth-order valence-electron chi connectivity index (χ4n) is 2.17. The summed E-state index contributed by atoms with van der Waals surface area (Å²) in [5, 5.41) is 12.0. The fourth-order valence-corrected chi connectivity index (χ4v) is 2.17. The molecule has 0 saturated heterocycles. The lowest BCUT2D eigenvalue weighted by atomic mass is 10.0. The van der Waals surface area contributed by atoms with Gasteiger partial charge in [-0.15, -0.1) is 0 Å². The number of carboxylic acids is 1. The van der Waals surface area contributed by atoms with Crippen LogP contribution in [0.25, 0.3) is 0 Å². The maximum absolute atomic E-state index is 12.8. The summed E-state index contributed by atoms with van der Waals surface area (Å²) in [6.45, 7) is 0. The molecule has 1 saturated carbocycles. The van der Waals surface area contributed by atoms with E-state index in [1.165, 1.54) is 12.1 Å². The van der Waals surface area contributed by atoms with Gasteiger partial charge >= 0.3 is 5.97 Å². The number of hydrogen-bond donors (Lipinski definition) is 2. The Morgan fingerprint density at radius 1 is 1.50 bits per heavy atom. The lowest BCUT2D eigenvalue weighted by Gasteiger charge is -2.16. The molecule has 1 aliphatic carbocycles. The second-order valence-corrected chi connectivity index (χ2v) is 4.16. The van der Waals surface area contributed by atoms with Crippen LogP contribution in [0.15, 0.2) is 24.3 Å². The van der Waals surface area contributed by atoms with Crippen molar-refractivity contribution in [2.75, 3.05) is 7.05 Å². The van der Waals surface area contributed by atoms with E-state index in [2.05, 4.69) is 5.32 Å². The lowest BCUT2D eigenvalue weighted by molar-refractivity contribution is -0.138. The van der Waals surface area contributed by atoms with Gasteiger partial charge in [-0.25, -0.2) is 4.39 Å². The van der Waals surface area contributed by atoms with E-state index in [1.807, 2.05) is 0 Å². The van der Waals surface area contributed by atoms with Crippen LogP contribution >= 0.6 is 0 Å². The quantitative estimate of drug-likeness (QED) is 0.818. The first-order chi connectivity index (χ1) is 7.63. The highest BCUT2D eigenvalue weighted by atomic mass is 19.1. The largest absolute Gasteiger partial charge is 0.481 e. The summed E-state index contributed by atoms with van der Waals surface area (Å²) in [6, 6.07) is 6.21. The third-order valence-electron chi connectivity index (χ3n) is 3.13. The van der Waals surface area contributed by atoms with Crippen molar-refractivity contribution in [3.8, 4) is 0 Å². The molecule has 0 amide bonds. The molecule has 0 spiro atoms. The summed E-state index contributed by atoms with van der Waals surface area (Å²) in [6.07, 6.45) is 0.693. The molecular formula is C12H14FNO2. The first-order valence-electron chi connectivity index (χ1n) is 5.29. The van der Waals surface area contributed by atoms with Crippen molar-refractivity contribution in [2.45, 2.75) is 12.5 Å². The highest BCUT2D eigenvalue weighted by Gasteiger charge is 2.47. The van der Waals surface area contributed by atoms with Crippen molar-refractivity contribution in [3.63, 3.8) is 0 Å². The number of benzene rings is 1. The molecule has 1 aromatic rings. The average Bonchev–Trinajstić information content (AvgIpc) is 3.02. The summed E-state index contributed by atoms with van der Waals surface area (Å²) in [4.78, 5) is 10.8. The van der Waals surface area contributed by atoms with Gasteiger partial charge in [-0.2, -0.15) is 0 Å². The molecular weight excluding hydrogens is 209 g/mol. The molecule has 0 aromatic heterocycles. The fraction of sp³-hybridized carbons (Fsp3) is 0.417. The minimum absolute atomic E-state index is 0.00157. The summed E-state index contributed by atoms with van der Waals surface area (Å²) < 4.78 is 12.8. The Labute approximate surface area is 93.3 Å². The Bertz CT molecular complexity index is 391. The number of rotatable bonds is 4. The van der Waals surface area contributed by atoms with Crippen LogP contribution in [0.3, 0.4) is 0 Å². The molecule has 0 radical (unpaired) electrons. The number of halogens is 1. The molecule has 3 atom stereocenters. The molecule has 2 N–H and O–H groups in total. The second-order valence-electron chi connectivity index (χ2n) is 4.16. The zero-order valence-corrected chi connectivity index (χ0v) is 8.98. The molecule has 1 aliphatic rings. The highest BCUT2D eigenvalue weighted by Crippen LogP contribution is 2.47. The van der Waals surface area contributed by atoms with Crippen LogP contribution in [0.4, 0.5) is 4.39 Å². The molecule has 0 heterocycles. The lowest BCUT2D eigenvalue weighted by Crippen LogP contribution is -2.20. The van der Waals surface area contributed by atoms with Gasteiger partial charge in [-0.05, 0) is 37.1 Å². The van der Waals surface area contributed by atoms with Gasteiger partial charge in [0.05, 0.1) is 5.92 Å². The van der Waals surface area contributed by atoms with Crippen LogP contribution < -0.4 is 5.32 Å². The third-order valence-corrected chi connectivity index (χ3v) is 3.13. The van der Waals surface area contributed by atoms with Crippen LogP contribution in [0.1, 0.15) is 18.0 Å². The van der Waals surface area contributed by atoms with E-state index in [9.17, 15) is 9.18 Å². The van der Waals surface area contributed by atoms with Gasteiger partial charge in [-0.3, -0.25) is 4.79 Å². The van der Waals surface area contributed by atoms with Gasteiger partial charge in [0.2, 0.25) is 0 Å². The number of aliphatic carboxylic acids is 1. The summed E-state index contributed by atoms with van der Waals surface area (Å²) in [5.41, 5.74) is 0.942. The van der Waals surface area contributed by atoms with Crippen LogP contribution in [0, 0.1) is 17.7 Å². The first-order valence-corrected chi connectivity index (χ1v) is 5.29. The van der Waals surface area contributed by atoms with Gasteiger partial charge in [0.1, 0.15) is 5.82 Å². The second kappa shape index (κ2) is 4.22. The molecule has 1 aromatic carbocycles. The molecule has 3 unspecified atom stereocenters. The number of nitrogens with one attached hydrogen (secondary N) is 1. The van der Waals surface area contributed by atoms with Crippen molar-refractivity contribution < 1.29 is 14.3 Å². The first kappa shape index (κ1) is 11.1. The van der Waals surface area contributed by atoms with E-state index >= 15 is 0 Å². The van der Waals surface area contributed by atoms with E-state index in [4.69, 9.17) is 5.11 Å². The summed E-state index contributed by atoms with van der Waals surface area (Å²) >= 11 is 0. The highest BCUT2D eigenvalue weighted by molar-refractivity contribution is 5.73. The topological polar surface area (TPSA) is 49.3 Å². The summed E-state index contributed by atoms with van der Waals surface area (Å²) in [7, 11) is 1.80. The summed E-state index contributed by atoms with van der Waals surface area (Å²) in [5.74, 6) is -1.16. The van der Waals surface area contributed by atoms with E-state index in [-0.39, 0.29) is 23.7 Å². The maximum atomic E-state index is 12.8. The zero-order chi connectivity index (χ0) is 11.7. The number of hydrogen-bond acceptors (Lipinski definition) is 2. The molecule has 0 bridgehead atoms. The molecule has 4 heteroatoms. The third kappa shape index (κ3) is 2.07. The smallest absolute Gasteiger partial charge is 0.306 e.